The maximum Gasteiger partial charge on any atom is 0.352 e. The first kappa shape index (κ1) is 21.0. The van der Waals surface area contributed by atoms with Crippen LogP contribution in [-0.2, 0) is 14.3 Å². The molecule has 1 aromatic rings. The molecule has 1 aromatic carbocycles. The smallest absolute Gasteiger partial charge is 0.352 e. The van der Waals surface area contributed by atoms with Crippen LogP contribution in [0.2, 0.25) is 10.0 Å². The number of halogens is 2. The fraction of sp³-hybridized carbons (Fsp3) is 0.500. The van der Waals surface area contributed by atoms with Crippen molar-refractivity contribution in [2.75, 3.05) is 26.3 Å². The maximum atomic E-state index is 11.5. The average Bonchev–Trinajstić information content (AvgIpc) is 3.46. The predicted molar refractivity (Wildman–Crippen MR) is 106 cm³/mol. The number of ether oxygens (including phenoxy) is 1. The zero-order valence-corrected chi connectivity index (χ0v) is 16.8. The van der Waals surface area contributed by atoms with Crippen LogP contribution in [0, 0.1) is 11.8 Å². The van der Waals surface area contributed by atoms with Crippen LogP contribution in [-0.4, -0.2) is 53.4 Å². The number of benzene rings is 1. The van der Waals surface area contributed by atoms with Crippen LogP contribution in [0.25, 0.3) is 0 Å². The lowest BCUT2D eigenvalue weighted by Gasteiger charge is -2.40. The lowest BCUT2D eigenvalue weighted by Crippen LogP contribution is -2.42. The molecule has 0 radical (unpaired) electrons. The van der Waals surface area contributed by atoms with Crippen LogP contribution in [0.3, 0.4) is 0 Å². The summed E-state index contributed by atoms with van der Waals surface area (Å²) in [6, 6.07) is 5.55. The lowest BCUT2D eigenvalue weighted by molar-refractivity contribution is -0.137. The quantitative estimate of drug-likeness (QED) is 0.612. The van der Waals surface area contributed by atoms with Crippen LogP contribution in [0.5, 0.6) is 0 Å². The molecule has 0 amide bonds. The predicted octanol–water partition coefficient (Wildman–Crippen LogP) is 3.88. The first-order chi connectivity index (χ1) is 13.3. The molecule has 1 aliphatic carbocycles. The van der Waals surface area contributed by atoms with Crippen LogP contribution in [0.4, 0.5) is 0 Å². The lowest BCUT2D eigenvalue weighted by atomic mass is 9.80. The normalized spacial score (nSPS) is 22.9. The van der Waals surface area contributed by atoms with Gasteiger partial charge in [0.2, 0.25) is 0 Å². The topological polar surface area (TPSA) is 87.1 Å². The van der Waals surface area contributed by atoms with E-state index >= 15 is 0 Å². The molecule has 1 saturated carbocycles. The minimum absolute atomic E-state index is 0.0151. The van der Waals surface area contributed by atoms with Crippen molar-refractivity contribution in [2.45, 2.75) is 25.2 Å². The van der Waals surface area contributed by atoms with Gasteiger partial charge in [-0.05, 0) is 48.8 Å². The number of carboxylic acids is 2. The van der Waals surface area contributed by atoms with E-state index in [1.807, 2.05) is 12.1 Å². The van der Waals surface area contributed by atoms with Crippen LogP contribution in [0.15, 0.2) is 30.0 Å². The van der Waals surface area contributed by atoms with Crippen molar-refractivity contribution in [2.24, 2.45) is 11.8 Å². The number of carbonyl (C=O) groups is 2. The van der Waals surface area contributed by atoms with Crippen molar-refractivity contribution < 1.29 is 24.5 Å². The minimum Gasteiger partial charge on any atom is -0.478 e. The van der Waals surface area contributed by atoms with E-state index in [0.717, 1.165) is 11.6 Å². The Morgan fingerprint density at radius 3 is 2.50 bits per heavy atom. The van der Waals surface area contributed by atoms with Gasteiger partial charge in [-0.1, -0.05) is 29.3 Å². The number of hydrogen-bond donors (Lipinski definition) is 2. The number of piperidine rings is 1. The van der Waals surface area contributed by atoms with Gasteiger partial charge in [0.15, 0.2) is 0 Å². The Morgan fingerprint density at radius 1 is 1.14 bits per heavy atom. The van der Waals surface area contributed by atoms with Gasteiger partial charge in [0, 0.05) is 25.6 Å². The zero-order valence-electron chi connectivity index (χ0n) is 15.3. The standard InChI is InChI=1S/C20H23Cl2NO5/c21-16-4-3-13(7-17(16)22)15-5-6-23(18(20(26)27)8-19(24)25)9-14(15)11-28-10-12-1-2-12/h3-4,7-8,12,14-15H,1-2,5-6,9-11H2,(H,24,25)(H,26,27)/b18-8-/t14-,15-/m0/s1. The van der Waals surface area contributed by atoms with Gasteiger partial charge in [-0.25, -0.2) is 9.59 Å². The fourth-order valence-corrected chi connectivity index (χ4v) is 3.98. The molecule has 1 saturated heterocycles. The van der Waals surface area contributed by atoms with Gasteiger partial charge >= 0.3 is 11.9 Å². The van der Waals surface area contributed by atoms with Gasteiger partial charge in [0.25, 0.3) is 0 Å². The van der Waals surface area contributed by atoms with Gasteiger partial charge in [0.1, 0.15) is 5.70 Å². The van der Waals surface area contributed by atoms with Crippen molar-refractivity contribution in [1.29, 1.82) is 0 Å². The maximum absolute atomic E-state index is 11.5. The van der Waals surface area contributed by atoms with E-state index in [4.69, 9.17) is 33.0 Å². The van der Waals surface area contributed by atoms with E-state index in [2.05, 4.69) is 0 Å². The molecule has 28 heavy (non-hydrogen) atoms. The first-order valence-electron chi connectivity index (χ1n) is 9.30. The van der Waals surface area contributed by atoms with Crippen molar-refractivity contribution in [3.8, 4) is 0 Å². The zero-order chi connectivity index (χ0) is 20.3. The minimum atomic E-state index is -1.27. The Bertz CT molecular complexity index is 778. The molecule has 3 rings (SSSR count). The van der Waals surface area contributed by atoms with Crippen molar-refractivity contribution in [3.05, 3.63) is 45.6 Å². The summed E-state index contributed by atoms with van der Waals surface area (Å²) < 4.78 is 5.90. The third-order valence-electron chi connectivity index (χ3n) is 5.31. The summed E-state index contributed by atoms with van der Waals surface area (Å²) in [5.41, 5.74) is 0.834. The molecule has 152 valence electrons. The van der Waals surface area contributed by atoms with E-state index in [-0.39, 0.29) is 17.5 Å². The molecule has 0 spiro atoms. The Balaban J connectivity index is 1.79. The second-order valence-corrected chi connectivity index (χ2v) is 8.24. The molecule has 0 aromatic heterocycles. The van der Waals surface area contributed by atoms with Gasteiger partial charge in [-0.15, -0.1) is 0 Å². The van der Waals surface area contributed by atoms with Gasteiger partial charge in [-0.3, -0.25) is 0 Å². The third kappa shape index (κ3) is 5.40. The molecule has 2 N–H and O–H groups in total. The van der Waals surface area contributed by atoms with E-state index in [0.29, 0.717) is 48.7 Å². The molecule has 2 fully saturated rings. The van der Waals surface area contributed by atoms with Gasteiger partial charge < -0.3 is 19.8 Å². The molecular formula is C20H23Cl2NO5. The molecule has 6 nitrogen and oxygen atoms in total. The summed E-state index contributed by atoms with van der Waals surface area (Å²) in [5, 5.41) is 19.4. The van der Waals surface area contributed by atoms with Crippen LogP contribution in [0.1, 0.15) is 30.7 Å². The Morgan fingerprint density at radius 2 is 1.89 bits per heavy atom. The largest absolute Gasteiger partial charge is 0.478 e. The van der Waals surface area contributed by atoms with E-state index in [1.165, 1.54) is 12.8 Å². The summed E-state index contributed by atoms with van der Waals surface area (Å²) in [4.78, 5) is 24.2. The number of aliphatic carboxylic acids is 2. The molecule has 8 heteroatoms. The molecule has 0 bridgehead atoms. The molecule has 1 aliphatic heterocycles. The van der Waals surface area contributed by atoms with Gasteiger partial charge in [-0.2, -0.15) is 0 Å². The van der Waals surface area contributed by atoms with E-state index in [9.17, 15) is 14.7 Å². The number of nitrogens with zero attached hydrogens (tertiary/aromatic N) is 1. The highest BCUT2D eigenvalue weighted by molar-refractivity contribution is 6.42. The molecule has 0 unspecified atom stereocenters. The van der Waals surface area contributed by atoms with Crippen molar-refractivity contribution in [1.82, 2.24) is 4.90 Å². The molecular weight excluding hydrogens is 405 g/mol. The number of rotatable bonds is 8. The summed E-state index contributed by atoms with van der Waals surface area (Å²) in [7, 11) is 0. The summed E-state index contributed by atoms with van der Waals surface area (Å²) in [5.74, 6) is -1.74. The van der Waals surface area contributed by atoms with Crippen LogP contribution >= 0.6 is 23.2 Å². The van der Waals surface area contributed by atoms with Gasteiger partial charge in [0.05, 0.1) is 22.7 Å². The summed E-state index contributed by atoms with van der Waals surface area (Å²) in [6.07, 6.45) is 3.80. The molecule has 2 atom stereocenters. The highest BCUT2D eigenvalue weighted by atomic mass is 35.5. The number of hydrogen-bond acceptors (Lipinski definition) is 4. The monoisotopic (exact) mass is 427 g/mol. The fourth-order valence-electron chi connectivity index (χ4n) is 3.68. The summed E-state index contributed by atoms with van der Waals surface area (Å²) in [6.45, 7) is 2.04. The number of carboxylic acid groups (broad SMARTS) is 2. The Hall–Kier alpha value is -1.76. The van der Waals surface area contributed by atoms with Crippen molar-refractivity contribution >= 4 is 35.1 Å². The molecule has 2 aliphatic rings. The number of likely N-dealkylation sites (tertiary alicyclic amines) is 1. The van der Waals surface area contributed by atoms with E-state index < -0.39 is 11.9 Å². The highest BCUT2D eigenvalue weighted by Gasteiger charge is 2.34. The Labute approximate surface area is 173 Å². The Kier molecular flexibility index (Phi) is 6.86. The summed E-state index contributed by atoms with van der Waals surface area (Å²) >= 11 is 12.2. The third-order valence-corrected chi connectivity index (χ3v) is 6.05. The van der Waals surface area contributed by atoms with Crippen LogP contribution < -0.4 is 0 Å². The second-order valence-electron chi connectivity index (χ2n) is 7.43. The first-order valence-corrected chi connectivity index (χ1v) is 10.1. The average molecular weight is 428 g/mol. The van der Waals surface area contributed by atoms with Crippen molar-refractivity contribution in [3.63, 3.8) is 0 Å². The second kappa shape index (κ2) is 9.16. The SMILES string of the molecule is O=C(O)/C=C(/C(=O)O)N1CC[C@@H](c2ccc(Cl)c(Cl)c2)[C@H](COCC2CC2)C1. The van der Waals surface area contributed by atoms with E-state index in [1.54, 1.807) is 11.0 Å². The molecule has 1 heterocycles. The highest BCUT2D eigenvalue weighted by Crippen LogP contribution is 2.37.